The van der Waals surface area contributed by atoms with Crippen molar-refractivity contribution in [2.24, 2.45) is 0 Å². The number of piperidine rings is 1. The van der Waals surface area contributed by atoms with E-state index in [1.807, 2.05) is 4.90 Å². The maximum Gasteiger partial charge on any atom is 0.255 e. The summed E-state index contributed by atoms with van der Waals surface area (Å²) in [6.45, 7) is 2.42. The van der Waals surface area contributed by atoms with Gasteiger partial charge in [0.25, 0.3) is 5.56 Å². The number of anilines is 3. The number of imide groups is 1. The Morgan fingerprint density at radius 3 is 2.33 bits per heavy atom. The van der Waals surface area contributed by atoms with Gasteiger partial charge in [-0.15, -0.1) is 0 Å². The van der Waals surface area contributed by atoms with Crippen LogP contribution >= 0.6 is 0 Å². The molecule has 2 aliphatic heterocycles. The third-order valence-electron chi connectivity index (χ3n) is 12.2. The molecule has 304 valence electrons. The van der Waals surface area contributed by atoms with Gasteiger partial charge in [0, 0.05) is 73.9 Å². The summed E-state index contributed by atoms with van der Waals surface area (Å²) >= 11 is 0. The minimum Gasteiger partial charge on any atom is -0.374 e. The summed E-state index contributed by atoms with van der Waals surface area (Å²) in [5.74, 6) is -1.25. The van der Waals surface area contributed by atoms with Gasteiger partial charge in [0.05, 0.1) is 11.9 Å². The van der Waals surface area contributed by atoms with Gasteiger partial charge < -0.3 is 20.9 Å². The van der Waals surface area contributed by atoms with Gasteiger partial charge in [-0.2, -0.15) is 0 Å². The largest absolute Gasteiger partial charge is 0.374 e. The van der Waals surface area contributed by atoms with E-state index in [-0.39, 0.29) is 47.4 Å². The highest BCUT2D eigenvalue weighted by Gasteiger charge is 2.46. The van der Waals surface area contributed by atoms with Crippen LogP contribution in [0.3, 0.4) is 0 Å². The van der Waals surface area contributed by atoms with Crippen molar-refractivity contribution in [2.75, 3.05) is 41.7 Å². The van der Waals surface area contributed by atoms with Crippen LogP contribution < -0.4 is 31.7 Å². The van der Waals surface area contributed by atoms with Crippen molar-refractivity contribution in [2.45, 2.75) is 94.3 Å². The maximum absolute atomic E-state index is 15.4. The van der Waals surface area contributed by atoms with Crippen molar-refractivity contribution in [3.63, 3.8) is 0 Å². The highest BCUT2D eigenvalue weighted by atomic mass is 19.1. The molecule has 4 heterocycles. The van der Waals surface area contributed by atoms with Gasteiger partial charge in [-0.25, -0.2) is 18.7 Å². The molecule has 2 aromatic heterocycles. The Morgan fingerprint density at radius 1 is 0.810 bits per heavy atom. The van der Waals surface area contributed by atoms with Gasteiger partial charge in [-0.3, -0.25) is 34.0 Å². The Bertz CT molecular complexity index is 2210. The fourth-order valence-electron chi connectivity index (χ4n) is 9.05. The molecule has 0 unspecified atom stereocenters. The van der Waals surface area contributed by atoms with Gasteiger partial charge in [-0.05, 0) is 81.3 Å². The third-order valence-corrected chi connectivity index (χ3v) is 12.2. The van der Waals surface area contributed by atoms with E-state index in [9.17, 15) is 19.2 Å². The molecular weight excluding hydrogens is 745 g/mol. The SMILES string of the molecule is O=C1CC[C@H](Nc2ccc(N3CCN(C4(C(=O)NC5CCC(Nc6ncc(F)c(-c7cccc(-n8ccccc8=O)c7)n6)CC5)CCCCC4)CC3)c(F)c2)C(=O)N1. The summed E-state index contributed by atoms with van der Waals surface area (Å²) in [4.78, 5) is 63.4. The van der Waals surface area contributed by atoms with Gasteiger partial charge >= 0.3 is 0 Å². The first kappa shape index (κ1) is 39.1. The minimum atomic E-state index is -0.600. The second-order valence-electron chi connectivity index (χ2n) is 15.9. The lowest BCUT2D eigenvalue weighted by molar-refractivity contribution is -0.137. The van der Waals surface area contributed by atoms with Crippen molar-refractivity contribution >= 4 is 35.0 Å². The monoisotopic (exact) mass is 793 g/mol. The van der Waals surface area contributed by atoms with Crippen LogP contribution in [0.1, 0.15) is 70.6 Å². The molecule has 58 heavy (non-hydrogen) atoms. The van der Waals surface area contributed by atoms with Crippen molar-refractivity contribution in [1.29, 1.82) is 0 Å². The second-order valence-corrected chi connectivity index (χ2v) is 15.9. The van der Waals surface area contributed by atoms with Crippen molar-refractivity contribution < 1.29 is 23.2 Å². The molecule has 0 spiro atoms. The van der Waals surface area contributed by atoms with Crippen LogP contribution in [-0.2, 0) is 14.4 Å². The van der Waals surface area contributed by atoms with E-state index in [0.29, 0.717) is 61.2 Å². The molecule has 4 aromatic rings. The molecule has 8 rings (SSSR count). The topological polar surface area (TPSA) is 154 Å². The molecule has 2 aromatic carbocycles. The van der Waals surface area contributed by atoms with Crippen LogP contribution in [0, 0.1) is 11.6 Å². The number of benzene rings is 2. The number of aromatic nitrogens is 3. The Hall–Kier alpha value is -5.70. The van der Waals surface area contributed by atoms with E-state index in [0.717, 1.165) is 64.0 Å². The molecule has 4 N–H and O–H groups in total. The molecule has 2 saturated carbocycles. The van der Waals surface area contributed by atoms with Gasteiger partial charge in [0.1, 0.15) is 23.1 Å². The number of nitrogens with one attached hydrogen (secondary N) is 4. The predicted octanol–water partition coefficient (Wildman–Crippen LogP) is 5.15. The number of piperazine rings is 1. The van der Waals surface area contributed by atoms with Crippen LogP contribution in [0.4, 0.5) is 26.1 Å². The maximum atomic E-state index is 15.4. The predicted molar refractivity (Wildman–Crippen MR) is 217 cm³/mol. The number of carbonyl (C=O) groups excluding carboxylic acids is 3. The lowest BCUT2D eigenvalue weighted by Gasteiger charge is -2.49. The highest BCUT2D eigenvalue weighted by Crippen LogP contribution is 2.37. The normalized spacial score (nSPS) is 22.5. The fraction of sp³-hybridized carbons (Fsp3) is 0.442. The number of carbonyl (C=O) groups is 3. The molecule has 0 bridgehead atoms. The molecule has 1 atom stereocenters. The Kier molecular flexibility index (Phi) is 11.5. The summed E-state index contributed by atoms with van der Waals surface area (Å²) in [7, 11) is 0. The van der Waals surface area contributed by atoms with Crippen LogP contribution in [0.5, 0.6) is 0 Å². The first-order valence-electron chi connectivity index (χ1n) is 20.4. The third kappa shape index (κ3) is 8.45. The molecule has 15 heteroatoms. The van der Waals surface area contributed by atoms with Crippen LogP contribution in [0.2, 0.25) is 0 Å². The van der Waals surface area contributed by atoms with Crippen molar-refractivity contribution in [3.05, 3.63) is 95.0 Å². The minimum absolute atomic E-state index is 0.0286. The zero-order valence-corrected chi connectivity index (χ0v) is 32.4. The van der Waals surface area contributed by atoms with Crippen molar-refractivity contribution in [3.8, 4) is 16.9 Å². The first-order chi connectivity index (χ1) is 28.1. The Morgan fingerprint density at radius 2 is 1.59 bits per heavy atom. The molecule has 0 radical (unpaired) electrons. The zero-order valence-electron chi connectivity index (χ0n) is 32.4. The number of rotatable bonds is 10. The lowest BCUT2D eigenvalue weighted by atomic mass is 9.78. The number of nitrogens with zero attached hydrogens (tertiary/aromatic N) is 5. The van der Waals surface area contributed by atoms with E-state index in [4.69, 9.17) is 0 Å². The molecular formula is C43H49F2N9O4. The van der Waals surface area contributed by atoms with E-state index in [2.05, 4.69) is 36.1 Å². The molecule has 4 fully saturated rings. The fourth-order valence-corrected chi connectivity index (χ4v) is 9.05. The van der Waals surface area contributed by atoms with Crippen molar-refractivity contribution in [1.82, 2.24) is 30.1 Å². The van der Waals surface area contributed by atoms with Gasteiger partial charge in [0.15, 0.2) is 5.82 Å². The highest BCUT2D eigenvalue weighted by molar-refractivity contribution is 6.01. The number of hydrogen-bond acceptors (Lipinski definition) is 10. The Labute approximate surface area is 335 Å². The number of amides is 3. The first-order valence-corrected chi connectivity index (χ1v) is 20.4. The summed E-state index contributed by atoms with van der Waals surface area (Å²) in [5.41, 5.74) is 1.46. The summed E-state index contributed by atoms with van der Waals surface area (Å²) in [6.07, 6.45) is 11.2. The van der Waals surface area contributed by atoms with E-state index in [1.165, 1.54) is 16.7 Å². The quantitative estimate of drug-likeness (QED) is 0.159. The Balaban J connectivity index is 0.855. The number of halogens is 2. The second kappa shape index (κ2) is 17.0. The van der Waals surface area contributed by atoms with Gasteiger partial charge in [-0.1, -0.05) is 37.5 Å². The van der Waals surface area contributed by atoms with Crippen LogP contribution in [0.25, 0.3) is 16.9 Å². The lowest BCUT2D eigenvalue weighted by Crippen LogP contribution is -2.65. The average molecular weight is 794 g/mol. The summed E-state index contributed by atoms with van der Waals surface area (Å²) in [6, 6.07) is 16.3. The molecule has 13 nitrogen and oxygen atoms in total. The standard InChI is InChI=1S/C43H49F2N9O4/c44-33-26-31(47-35-15-17-37(55)50-40(35)57)14-16-36(33)52-21-23-53(24-22-52)43(18-3-1-4-19-43)41(58)48-29-10-12-30(13-11-29)49-42-46-27-34(45)39(51-42)28-7-6-8-32(25-28)54-20-5-2-9-38(54)56/h2,5-9,14,16,20,25-27,29-30,35,47H,1,3-4,10-13,15,17-19,21-24H2,(H,48,58)(H,46,49,51)(H,50,55,57)/t29?,30?,35-/m0/s1. The molecule has 2 saturated heterocycles. The van der Waals surface area contributed by atoms with Crippen LogP contribution in [0.15, 0.2) is 77.9 Å². The average Bonchev–Trinajstić information content (AvgIpc) is 3.24. The van der Waals surface area contributed by atoms with E-state index in [1.54, 1.807) is 54.7 Å². The van der Waals surface area contributed by atoms with E-state index >= 15 is 8.78 Å². The molecule has 3 amide bonds. The zero-order chi connectivity index (χ0) is 40.2. The molecule has 2 aliphatic carbocycles. The molecule has 4 aliphatic rings. The van der Waals surface area contributed by atoms with Gasteiger partial charge in [0.2, 0.25) is 23.7 Å². The van der Waals surface area contributed by atoms with Crippen LogP contribution in [-0.4, -0.2) is 87.0 Å². The number of hydrogen-bond donors (Lipinski definition) is 4. The summed E-state index contributed by atoms with van der Waals surface area (Å²) < 4.78 is 32.0. The summed E-state index contributed by atoms with van der Waals surface area (Å²) in [5, 5.41) is 12.2. The van der Waals surface area contributed by atoms with E-state index < -0.39 is 23.3 Å². The smallest absolute Gasteiger partial charge is 0.255 e. The number of pyridine rings is 1.